The van der Waals surface area contributed by atoms with E-state index >= 15 is 0 Å². The van der Waals surface area contributed by atoms with Crippen LogP contribution >= 0.6 is 0 Å². The van der Waals surface area contributed by atoms with Gasteiger partial charge in [0.15, 0.2) is 15.7 Å². The summed E-state index contributed by atoms with van der Waals surface area (Å²) in [7, 11) is -3.79. The van der Waals surface area contributed by atoms with Crippen molar-refractivity contribution in [2.45, 2.75) is 50.5 Å². The van der Waals surface area contributed by atoms with E-state index in [1.807, 2.05) is 0 Å². The Kier molecular flexibility index (Phi) is 6.77. The summed E-state index contributed by atoms with van der Waals surface area (Å²) in [5, 5.41) is 28.4. The fourth-order valence-electron chi connectivity index (χ4n) is 2.25. The van der Waals surface area contributed by atoms with E-state index < -0.39 is 37.0 Å². The molecule has 8 nitrogen and oxygen atoms in total. The van der Waals surface area contributed by atoms with E-state index in [4.69, 9.17) is 10.1 Å². The second kappa shape index (κ2) is 7.84. The second-order valence-electron chi connectivity index (χ2n) is 7.31. The normalized spacial score (nSPS) is 18.0. The van der Waals surface area contributed by atoms with Crippen molar-refractivity contribution in [2.24, 2.45) is 5.41 Å². The van der Waals surface area contributed by atoms with Crippen LogP contribution in [0.3, 0.4) is 0 Å². The summed E-state index contributed by atoms with van der Waals surface area (Å²) >= 11 is 0. The Morgan fingerprint density at radius 1 is 1.28 bits per heavy atom. The van der Waals surface area contributed by atoms with Gasteiger partial charge >= 0.3 is 0 Å². The average molecular weight is 376 g/mol. The molecule has 0 aromatic heterocycles. The highest BCUT2D eigenvalue weighted by atomic mass is 32.2. The number of aliphatic hydroxyl groups is 2. The van der Waals surface area contributed by atoms with Crippen molar-refractivity contribution in [1.29, 1.82) is 5.41 Å². The lowest BCUT2D eigenvalue weighted by molar-refractivity contribution is -0.122. The highest BCUT2D eigenvalue weighted by Gasteiger charge is 2.46. The van der Waals surface area contributed by atoms with Gasteiger partial charge in [-0.2, -0.15) is 0 Å². The molecule has 1 saturated heterocycles. The van der Waals surface area contributed by atoms with Gasteiger partial charge < -0.3 is 20.4 Å². The quantitative estimate of drug-likeness (QED) is 0.385. The van der Waals surface area contributed by atoms with Gasteiger partial charge in [0.1, 0.15) is 4.75 Å². The SMILES string of the molecule is CC(C)(CO)C(=N)/C=C(\O)NC(=O)C(C)(C)S(=O)(=O)C1CCOCC1. The third-order valence-electron chi connectivity index (χ3n) is 4.51. The first kappa shape index (κ1) is 21.6. The molecule has 1 fully saturated rings. The van der Waals surface area contributed by atoms with E-state index in [-0.39, 0.29) is 12.3 Å². The molecule has 1 rings (SSSR count). The van der Waals surface area contributed by atoms with Gasteiger partial charge in [0.05, 0.1) is 11.9 Å². The summed E-state index contributed by atoms with van der Waals surface area (Å²) in [6, 6.07) is 0. The summed E-state index contributed by atoms with van der Waals surface area (Å²) in [5.74, 6) is -1.51. The molecule has 0 aromatic carbocycles. The third kappa shape index (κ3) is 4.80. The molecule has 0 saturated carbocycles. The van der Waals surface area contributed by atoms with E-state index in [0.717, 1.165) is 6.08 Å². The molecule has 0 bridgehead atoms. The van der Waals surface area contributed by atoms with E-state index in [0.29, 0.717) is 26.1 Å². The fraction of sp³-hybridized carbons (Fsp3) is 0.750. The third-order valence-corrected chi connectivity index (χ3v) is 7.47. The molecule has 0 spiro atoms. The Morgan fingerprint density at radius 2 is 1.80 bits per heavy atom. The number of nitrogens with one attached hydrogen (secondary N) is 2. The minimum Gasteiger partial charge on any atom is -0.494 e. The number of allylic oxidation sites excluding steroid dienone is 1. The van der Waals surface area contributed by atoms with Crippen LogP contribution in [0.15, 0.2) is 12.0 Å². The van der Waals surface area contributed by atoms with Crippen molar-refractivity contribution < 1.29 is 28.2 Å². The molecule has 1 aliphatic heterocycles. The number of carbonyl (C=O) groups excluding carboxylic acids is 1. The number of hydrogen-bond acceptors (Lipinski definition) is 7. The molecular weight excluding hydrogens is 348 g/mol. The highest BCUT2D eigenvalue weighted by molar-refractivity contribution is 7.94. The molecule has 25 heavy (non-hydrogen) atoms. The van der Waals surface area contributed by atoms with Crippen LogP contribution in [0, 0.1) is 10.8 Å². The number of aliphatic hydroxyl groups excluding tert-OH is 2. The first-order chi connectivity index (χ1) is 11.4. The average Bonchev–Trinajstić information content (AvgIpc) is 2.55. The monoisotopic (exact) mass is 376 g/mol. The van der Waals surface area contributed by atoms with Crippen LogP contribution < -0.4 is 5.32 Å². The molecule has 1 amide bonds. The van der Waals surface area contributed by atoms with Crippen molar-refractivity contribution in [3.63, 3.8) is 0 Å². The summed E-state index contributed by atoms with van der Waals surface area (Å²) in [6.45, 7) is 6.14. The predicted molar refractivity (Wildman–Crippen MR) is 94.3 cm³/mol. The van der Waals surface area contributed by atoms with Crippen LogP contribution in [0.1, 0.15) is 40.5 Å². The van der Waals surface area contributed by atoms with Crippen molar-refractivity contribution >= 4 is 21.5 Å². The minimum atomic E-state index is -3.79. The molecule has 0 aromatic rings. The van der Waals surface area contributed by atoms with Crippen LogP contribution in [0.5, 0.6) is 0 Å². The topological polar surface area (TPSA) is 137 Å². The summed E-state index contributed by atoms with van der Waals surface area (Å²) in [4.78, 5) is 12.4. The molecule has 0 unspecified atom stereocenters. The molecule has 1 aliphatic rings. The van der Waals surface area contributed by atoms with Crippen LogP contribution in [-0.2, 0) is 19.4 Å². The van der Waals surface area contributed by atoms with Gasteiger partial charge in [-0.1, -0.05) is 13.8 Å². The van der Waals surface area contributed by atoms with E-state index in [1.54, 1.807) is 13.8 Å². The van der Waals surface area contributed by atoms with Gasteiger partial charge in [0, 0.05) is 30.4 Å². The molecular formula is C16H28N2O6S. The van der Waals surface area contributed by atoms with Crippen molar-refractivity contribution in [1.82, 2.24) is 5.32 Å². The van der Waals surface area contributed by atoms with E-state index in [2.05, 4.69) is 5.32 Å². The van der Waals surface area contributed by atoms with Gasteiger partial charge in [0.25, 0.3) is 0 Å². The van der Waals surface area contributed by atoms with Gasteiger partial charge in [-0.3, -0.25) is 10.1 Å². The predicted octanol–water partition coefficient (Wildman–Crippen LogP) is 0.913. The van der Waals surface area contributed by atoms with Crippen LogP contribution in [0.4, 0.5) is 0 Å². The second-order valence-corrected chi connectivity index (χ2v) is 10.1. The smallest absolute Gasteiger partial charge is 0.247 e. The molecule has 144 valence electrons. The van der Waals surface area contributed by atoms with Gasteiger partial charge in [-0.25, -0.2) is 8.42 Å². The maximum Gasteiger partial charge on any atom is 0.247 e. The molecule has 4 N–H and O–H groups in total. The molecule has 9 heteroatoms. The zero-order valence-electron chi connectivity index (χ0n) is 15.1. The molecule has 1 heterocycles. The lowest BCUT2D eigenvalue weighted by Gasteiger charge is -2.31. The lowest BCUT2D eigenvalue weighted by atomic mass is 9.88. The Morgan fingerprint density at radius 3 is 2.28 bits per heavy atom. The van der Waals surface area contributed by atoms with Crippen molar-refractivity contribution in [3.05, 3.63) is 12.0 Å². The summed E-state index contributed by atoms with van der Waals surface area (Å²) in [6.07, 6.45) is 1.65. The number of rotatable bonds is 7. The number of sulfone groups is 1. The fourth-order valence-corrected chi connectivity index (χ4v) is 4.21. The first-order valence-electron chi connectivity index (χ1n) is 8.09. The Balaban J connectivity index is 2.92. The summed E-state index contributed by atoms with van der Waals surface area (Å²) in [5.41, 5.74) is -1.000. The molecule has 0 aliphatic carbocycles. The van der Waals surface area contributed by atoms with Crippen molar-refractivity contribution in [3.8, 4) is 0 Å². The maximum absolute atomic E-state index is 12.8. The van der Waals surface area contributed by atoms with Gasteiger partial charge in [-0.15, -0.1) is 0 Å². The Labute approximate surface area is 148 Å². The maximum atomic E-state index is 12.8. The standard InChI is InChI=1S/C16H28N2O6S/c1-15(2,10-19)12(17)9-13(20)18-14(21)16(3,4)25(22,23)11-5-7-24-8-6-11/h9,11,17,19-20H,5-8,10H2,1-4H3,(H,18,21)/b13-9-,17-12?. The van der Waals surface area contributed by atoms with Crippen molar-refractivity contribution in [2.75, 3.05) is 19.8 Å². The van der Waals surface area contributed by atoms with E-state index in [1.165, 1.54) is 13.8 Å². The lowest BCUT2D eigenvalue weighted by Crippen LogP contribution is -2.52. The number of ether oxygens (including phenoxy) is 1. The zero-order valence-corrected chi connectivity index (χ0v) is 15.9. The number of carbonyl (C=O) groups is 1. The van der Waals surface area contributed by atoms with Gasteiger partial charge in [0.2, 0.25) is 5.91 Å². The van der Waals surface area contributed by atoms with Crippen LogP contribution in [0.2, 0.25) is 0 Å². The highest BCUT2D eigenvalue weighted by Crippen LogP contribution is 2.28. The first-order valence-corrected chi connectivity index (χ1v) is 9.64. The van der Waals surface area contributed by atoms with Crippen LogP contribution in [-0.4, -0.2) is 60.1 Å². The van der Waals surface area contributed by atoms with E-state index in [9.17, 15) is 23.4 Å². The van der Waals surface area contributed by atoms with Crippen LogP contribution in [0.25, 0.3) is 0 Å². The zero-order chi connectivity index (χ0) is 19.5. The number of hydrogen-bond donors (Lipinski definition) is 4. The Bertz CT molecular complexity index is 646. The number of amides is 1. The minimum absolute atomic E-state index is 0.0992. The Hall–Kier alpha value is -1.45. The summed E-state index contributed by atoms with van der Waals surface area (Å²) < 4.78 is 28.9. The molecule has 0 radical (unpaired) electrons. The largest absolute Gasteiger partial charge is 0.494 e. The molecule has 0 atom stereocenters. The van der Waals surface area contributed by atoms with Gasteiger partial charge in [-0.05, 0) is 26.7 Å².